The largest absolute Gasteiger partial charge is 0.310 e. The summed E-state index contributed by atoms with van der Waals surface area (Å²) < 4.78 is 0. The van der Waals surface area contributed by atoms with E-state index in [-0.39, 0.29) is 11.8 Å². The number of hydrogen-bond donors (Lipinski definition) is 1. The lowest BCUT2D eigenvalue weighted by Gasteiger charge is -2.11. The summed E-state index contributed by atoms with van der Waals surface area (Å²) in [7, 11) is 1.81. The van der Waals surface area contributed by atoms with Gasteiger partial charge in [0.25, 0.3) is 0 Å². The summed E-state index contributed by atoms with van der Waals surface area (Å²) in [6.07, 6.45) is 0.771. The highest BCUT2D eigenvalue weighted by atomic mass is 16.1. The Morgan fingerprint density at radius 2 is 1.59 bits per heavy atom. The highest BCUT2D eigenvalue weighted by Crippen LogP contribution is 2.03. The summed E-state index contributed by atoms with van der Waals surface area (Å²) >= 11 is 0. The maximum absolute atomic E-state index is 11.1. The number of nitrogens with one attached hydrogen (secondary N) is 1. The molecule has 0 saturated heterocycles. The van der Waals surface area contributed by atoms with E-state index in [1.165, 1.54) is 5.56 Å². The number of ketones is 1. The molecule has 1 aromatic carbocycles. The van der Waals surface area contributed by atoms with E-state index in [4.69, 9.17) is 0 Å². The molecule has 1 atom stereocenters. The van der Waals surface area contributed by atoms with Gasteiger partial charge in [-0.05, 0) is 26.0 Å². The molecular weight excluding hydrogens is 210 g/mol. The van der Waals surface area contributed by atoms with E-state index >= 15 is 0 Å². The second kappa shape index (κ2) is 12.9. The van der Waals surface area contributed by atoms with Crippen LogP contribution >= 0.6 is 0 Å². The lowest BCUT2D eigenvalue weighted by Crippen LogP contribution is -2.34. The summed E-state index contributed by atoms with van der Waals surface area (Å²) in [5, 5.41) is 3.00. The minimum Gasteiger partial charge on any atom is -0.310 e. The van der Waals surface area contributed by atoms with E-state index in [0.29, 0.717) is 0 Å². The minimum atomic E-state index is -0.0533. The molecule has 0 aromatic heterocycles. The molecule has 0 bridgehead atoms. The molecule has 1 rings (SSSR count). The topological polar surface area (TPSA) is 29.1 Å². The number of benzene rings is 1. The monoisotopic (exact) mass is 237 g/mol. The van der Waals surface area contributed by atoms with Crippen molar-refractivity contribution in [3.05, 3.63) is 35.9 Å². The zero-order valence-electron chi connectivity index (χ0n) is 12.1. The molecule has 0 unspecified atom stereocenters. The first-order valence-electron chi connectivity index (χ1n) is 6.45. The van der Waals surface area contributed by atoms with Gasteiger partial charge >= 0.3 is 0 Å². The van der Waals surface area contributed by atoms with Gasteiger partial charge in [-0.3, -0.25) is 4.79 Å². The van der Waals surface area contributed by atoms with Crippen LogP contribution in [0.3, 0.4) is 0 Å². The van der Waals surface area contributed by atoms with E-state index in [0.717, 1.165) is 6.42 Å². The summed E-state index contributed by atoms with van der Waals surface area (Å²) in [6.45, 7) is 9.62. The van der Waals surface area contributed by atoms with Gasteiger partial charge in [-0.2, -0.15) is 0 Å². The SMILES string of the molecule is CC.CC.CN[C@@H](Cc1ccccc1)C(C)=O. The van der Waals surface area contributed by atoms with Crippen LogP contribution in [0.1, 0.15) is 40.2 Å². The first kappa shape index (κ1) is 18.2. The first-order chi connectivity index (χ1) is 8.24. The van der Waals surface area contributed by atoms with E-state index in [1.54, 1.807) is 6.92 Å². The lowest BCUT2D eigenvalue weighted by atomic mass is 10.0. The number of carbonyl (C=O) groups is 1. The number of Topliss-reactive ketones (excluding diaryl/α,β-unsaturated/α-hetero) is 1. The third kappa shape index (κ3) is 8.64. The molecule has 0 aliphatic rings. The van der Waals surface area contributed by atoms with E-state index in [1.807, 2.05) is 65.1 Å². The zero-order valence-corrected chi connectivity index (χ0v) is 12.1. The summed E-state index contributed by atoms with van der Waals surface area (Å²) in [4.78, 5) is 11.1. The average molecular weight is 237 g/mol. The highest BCUT2D eigenvalue weighted by Gasteiger charge is 2.11. The van der Waals surface area contributed by atoms with Crippen molar-refractivity contribution in [2.24, 2.45) is 0 Å². The van der Waals surface area contributed by atoms with Crippen molar-refractivity contribution in [2.75, 3.05) is 7.05 Å². The second-order valence-electron chi connectivity index (χ2n) is 3.14. The third-order valence-electron chi connectivity index (χ3n) is 2.12. The van der Waals surface area contributed by atoms with E-state index in [2.05, 4.69) is 5.32 Å². The number of likely N-dealkylation sites (N-methyl/N-ethyl adjacent to an activating group) is 1. The van der Waals surface area contributed by atoms with E-state index < -0.39 is 0 Å². The molecule has 0 spiro atoms. The molecule has 0 radical (unpaired) electrons. The van der Waals surface area contributed by atoms with Crippen molar-refractivity contribution < 1.29 is 4.79 Å². The van der Waals surface area contributed by atoms with Crippen molar-refractivity contribution >= 4 is 5.78 Å². The lowest BCUT2D eigenvalue weighted by molar-refractivity contribution is -0.118. The van der Waals surface area contributed by atoms with Gasteiger partial charge in [0.2, 0.25) is 0 Å². The summed E-state index contributed by atoms with van der Waals surface area (Å²) in [5.41, 5.74) is 1.19. The van der Waals surface area contributed by atoms with Crippen LogP contribution in [-0.4, -0.2) is 18.9 Å². The molecule has 17 heavy (non-hydrogen) atoms. The number of rotatable bonds is 4. The molecule has 0 heterocycles. The first-order valence-corrected chi connectivity index (χ1v) is 6.45. The predicted molar refractivity (Wildman–Crippen MR) is 76.4 cm³/mol. The Labute approximate surface area is 106 Å². The normalized spacial score (nSPS) is 10.2. The molecule has 0 fully saturated rings. The van der Waals surface area contributed by atoms with Crippen LogP contribution in [0.2, 0.25) is 0 Å². The molecule has 0 aliphatic heterocycles. The van der Waals surface area contributed by atoms with Crippen LogP contribution < -0.4 is 5.32 Å². The molecule has 1 N–H and O–H groups in total. The molecule has 0 saturated carbocycles. The fourth-order valence-corrected chi connectivity index (χ4v) is 1.30. The standard InChI is InChI=1S/C11H15NO.2C2H6/c1-9(13)11(12-2)8-10-6-4-3-5-7-10;2*1-2/h3-7,11-12H,8H2,1-2H3;2*1-2H3/t11-;;/m0../s1. The van der Waals surface area contributed by atoms with Crippen molar-refractivity contribution in [1.29, 1.82) is 0 Å². The predicted octanol–water partition coefficient (Wildman–Crippen LogP) is 3.46. The van der Waals surface area contributed by atoms with Crippen LogP contribution in [0, 0.1) is 0 Å². The molecule has 0 amide bonds. The van der Waals surface area contributed by atoms with Gasteiger partial charge in [-0.25, -0.2) is 0 Å². The smallest absolute Gasteiger partial charge is 0.147 e. The van der Waals surface area contributed by atoms with Crippen LogP contribution in [0.25, 0.3) is 0 Å². The Morgan fingerprint density at radius 1 is 1.12 bits per heavy atom. The number of carbonyl (C=O) groups excluding carboxylic acids is 1. The summed E-state index contributed by atoms with van der Waals surface area (Å²) in [6, 6.07) is 9.97. The average Bonchev–Trinajstić information content (AvgIpc) is 2.41. The van der Waals surface area contributed by atoms with Gasteiger partial charge in [0.05, 0.1) is 6.04 Å². The van der Waals surface area contributed by atoms with Gasteiger partial charge in [-0.1, -0.05) is 58.0 Å². The van der Waals surface area contributed by atoms with Crippen molar-refractivity contribution in [3.63, 3.8) is 0 Å². The Kier molecular flexibility index (Phi) is 13.8. The zero-order chi connectivity index (χ0) is 13.7. The maximum atomic E-state index is 11.1. The van der Waals surface area contributed by atoms with Crippen molar-refractivity contribution in [1.82, 2.24) is 5.32 Å². The minimum absolute atomic E-state index is 0.0533. The van der Waals surface area contributed by atoms with Gasteiger partial charge in [0.15, 0.2) is 0 Å². The molecule has 1 aromatic rings. The Bertz CT molecular complexity index is 270. The second-order valence-corrected chi connectivity index (χ2v) is 3.14. The Balaban J connectivity index is 0. The van der Waals surface area contributed by atoms with Crippen LogP contribution in [0.4, 0.5) is 0 Å². The van der Waals surface area contributed by atoms with Crippen molar-refractivity contribution in [2.45, 2.75) is 47.1 Å². The molecule has 0 aliphatic carbocycles. The molecular formula is C15H27NO. The van der Waals surface area contributed by atoms with Crippen LogP contribution in [0.5, 0.6) is 0 Å². The van der Waals surface area contributed by atoms with Gasteiger partial charge in [0.1, 0.15) is 5.78 Å². The quantitative estimate of drug-likeness (QED) is 0.869. The summed E-state index contributed by atoms with van der Waals surface area (Å²) in [5.74, 6) is 0.186. The Hall–Kier alpha value is -1.15. The Morgan fingerprint density at radius 3 is 1.94 bits per heavy atom. The maximum Gasteiger partial charge on any atom is 0.147 e. The fraction of sp³-hybridized carbons (Fsp3) is 0.533. The van der Waals surface area contributed by atoms with Gasteiger partial charge in [-0.15, -0.1) is 0 Å². The highest BCUT2D eigenvalue weighted by molar-refractivity contribution is 5.81. The number of hydrogen-bond acceptors (Lipinski definition) is 2. The molecule has 2 heteroatoms. The molecule has 2 nitrogen and oxygen atoms in total. The fourth-order valence-electron chi connectivity index (χ4n) is 1.30. The molecule has 98 valence electrons. The van der Waals surface area contributed by atoms with Crippen molar-refractivity contribution in [3.8, 4) is 0 Å². The van der Waals surface area contributed by atoms with Gasteiger partial charge < -0.3 is 5.32 Å². The van der Waals surface area contributed by atoms with Crippen LogP contribution in [-0.2, 0) is 11.2 Å². The van der Waals surface area contributed by atoms with Crippen LogP contribution in [0.15, 0.2) is 30.3 Å². The third-order valence-corrected chi connectivity index (χ3v) is 2.12. The van der Waals surface area contributed by atoms with Gasteiger partial charge in [0, 0.05) is 0 Å². The van der Waals surface area contributed by atoms with E-state index in [9.17, 15) is 4.79 Å².